The second kappa shape index (κ2) is 8.33. The molecule has 8 heteroatoms. The zero-order valence-electron chi connectivity index (χ0n) is 10.6. The van der Waals surface area contributed by atoms with Crippen LogP contribution in [-0.4, -0.2) is 31.7 Å². The molecule has 0 heterocycles. The van der Waals surface area contributed by atoms with E-state index in [0.29, 0.717) is 5.69 Å². The predicted molar refractivity (Wildman–Crippen MR) is 72.3 cm³/mol. The van der Waals surface area contributed by atoms with Gasteiger partial charge in [0.15, 0.2) is 0 Å². The van der Waals surface area contributed by atoms with E-state index in [2.05, 4.69) is 0 Å². The normalized spacial score (nSPS) is 10.2. The minimum absolute atomic E-state index is 0.0141. The molecule has 0 aliphatic rings. The highest BCUT2D eigenvalue weighted by atomic mass is 32.2. The summed E-state index contributed by atoms with van der Waals surface area (Å²) in [5.41, 5.74) is 10.9. The number of carbonyl (C=O) groups is 1. The lowest BCUT2D eigenvalue weighted by atomic mass is 10.3. The van der Waals surface area contributed by atoms with Crippen molar-refractivity contribution in [1.82, 2.24) is 0 Å². The van der Waals surface area contributed by atoms with Gasteiger partial charge in [-0.25, -0.2) is 0 Å². The van der Waals surface area contributed by atoms with Crippen molar-refractivity contribution in [1.29, 1.82) is 0 Å². The molecule has 19 heavy (non-hydrogen) atoms. The fourth-order valence-electron chi connectivity index (χ4n) is 1.10. The van der Waals surface area contributed by atoms with Crippen molar-refractivity contribution < 1.29 is 22.5 Å². The number of para-hydroxylation sites is 2. The van der Waals surface area contributed by atoms with Gasteiger partial charge in [-0.2, -0.15) is 8.42 Å². The highest BCUT2D eigenvalue weighted by Gasteiger charge is 2.04. The van der Waals surface area contributed by atoms with Gasteiger partial charge in [0.25, 0.3) is 10.1 Å². The third-order valence-corrected chi connectivity index (χ3v) is 2.77. The van der Waals surface area contributed by atoms with E-state index >= 15 is 0 Å². The molecule has 0 aliphatic carbocycles. The molecule has 7 nitrogen and oxygen atoms in total. The van der Waals surface area contributed by atoms with Crippen LogP contribution in [0.1, 0.15) is 12.8 Å². The first-order valence-electron chi connectivity index (χ1n) is 5.38. The highest BCUT2D eigenvalue weighted by Crippen LogP contribution is 2.18. The molecule has 0 saturated carbocycles. The fraction of sp³-hybridized carbons (Fsp3) is 0.364. The van der Waals surface area contributed by atoms with Gasteiger partial charge in [-0.05, 0) is 18.6 Å². The Kier molecular flexibility index (Phi) is 7.54. The summed E-state index contributed by atoms with van der Waals surface area (Å²) in [5.74, 6) is -0.239. The molecule has 1 rings (SSSR count). The number of hydrogen-bond donors (Lipinski definition) is 3. The molecule has 1 aromatic rings. The van der Waals surface area contributed by atoms with Crippen LogP contribution in [-0.2, 0) is 14.9 Å². The first-order chi connectivity index (χ1) is 8.76. The number of methoxy groups -OCH3 is 1. The number of carbonyl (C=O) groups excluding carboxylic acids is 1. The van der Waals surface area contributed by atoms with E-state index in [1.165, 1.54) is 0 Å². The zero-order chi connectivity index (χ0) is 14.9. The zero-order valence-corrected chi connectivity index (χ0v) is 11.4. The molecular weight excluding hydrogens is 272 g/mol. The topological polar surface area (TPSA) is 133 Å². The number of nitrogens with two attached hydrogens (primary N) is 2. The summed E-state index contributed by atoms with van der Waals surface area (Å²) in [6, 6.07) is 7.39. The van der Waals surface area contributed by atoms with Crippen LogP contribution in [0.4, 0.5) is 5.69 Å². The summed E-state index contributed by atoms with van der Waals surface area (Å²) in [7, 11) is -2.32. The number of ether oxygens (including phenoxy) is 1. The van der Waals surface area contributed by atoms with E-state index in [-0.39, 0.29) is 12.8 Å². The Morgan fingerprint density at radius 2 is 1.95 bits per heavy atom. The van der Waals surface area contributed by atoms with Crippen molar-refractivity contribution in [2.75, 3.05) is 18.6 Å². The van der Waals surface area contributed by atoms with Crippen LogP contribution in [0.15, 0.2) is 24.3 Å². The number of hydrogen-bond acceptors (Lipinski definition) is 5. The summed E-state index contributed by atoms with van der Waals surface area (Å²) in [6.45, 7) is 0. The van der Waals surface area contributed by atoms with Gasteiger partial charge in [-0.1, -0.05) is 12.1 Å². The summed E-state index contributed by atoms with van der Waals surface area (Å²) >= 11 is 0. The Morgan fingerprint density at radius 3 is 2.32 bits per heavy atom. The Bertz CT molecular complexity index is 502. The molecule has 0 spiro atoms. The number of amides is 1. The molecular formula is C11H18N2O5S. The minimum atomic E-state index is -3.93. The molecule has 0 aromatic heterocycles. The second-order valence-electron chi connectivity index (χ2n) is 3.60. The lowest BCUT2D eigenvalue weighted by Crippen LogP contribution is -2.13. The van der Waals surface area contributed by atoms with Crippen molar-refractivity contribution in [3.63, 3.8) is 0 Å². The van der Waals surface area contributed by atoms with E-state index in [1.54, 1.807) is 13.2 Å². The van der Waals surface area contributed by atoms with Gasteiger partial charge in [0.1, 0.15) is 5.75 Å². The summed E-state index contributed by atoms with van der Waals surface area (Å²) in [6.07, 6.45) is 0.0634. The average molecular weight is 290 g/mol. The molecule has 5 N–H and O–H groups in total. The lowest BCUT2D eigenvalue weighted by molar-refractivity contribution is -0.118. The van der Waals surface area contributed by atoms with Crippen molar-refractivity contribution in [2.45, 2.75) is 12.8 Å². The monoisotopic (exact) mass is 290 g/mol. The van der Waals surface area contributed by atoms with Gasteiger partial charge in [-0.3, -0.25) is 9.35 Å². The van der Waals surface area contributed by atoms with Crippen LogP contribution in [0, 0.1) is 0 Å². The number of primary amides is 1. The SMILES string of the molecule is COc1ccccc1N.NC(=O)CCCS(=O)(=O)O. The molecule has 1 aromatic carbocycles. The Labute approximate surface area is 112 Å². The Morgan fingerprint density at radius 1 is 1.37 bits per heavy atom. The molecule has 108 valence electrons. The van der Waals surface area contributed by atoms with Crippen LogP contribution in [0.2, 0.25) is 0 Å². The highest BCUT2D eigenvalue weighted by molar-refractivity contribution is 7.85. The quantitative estimate of drug-likeness (QED) is 0.531. The maximum atomic E-state index is 10.0. The van der Waals surface area contributed by atoms with E-state index in [4.69, 9.17) is 20.8 Å². The second-order valence-corrected chi connectivity index (χ2v) is 5.17. The maximum Gasteiger partial charge on any atom is 0.264 e. The Hall–Kier alpha value is -1.80. The van der Waals surface area contributed by atoms with Crippen molar-refractivity contribution in [2.24, 2.45) is 5.73 Å². The van der Waals surface area contributed by atoms with Crippen LogP contribution >= 0.6 is 0 Å². The fourth-order valence-corrected chi connectivity index (χ4v) is 1.60. The van der Waals surface area contributed by atoms with E-state index in [9.17, 15) is 13.2 Å². The van der Waals surface area contributed by atoms with Crippen LogP contribution in [0.5, 0.6) is 5.75 Å². The predicted octanol–water partition coefficient (Wildman–Crippen LogP) is 0.417. The minimum Gasteiger partial charge on any atom is -0.495 e. The maximum absolute atomic E-state index is 10.0. The molecule has 0 bridgehead atoms. The van der Waals surface area contributed by atoms with Crippen molar-refractivity contribution in [3.8, 4) is 5.75 Å². The number of nitrogen functional groups attached to an aromatic ring is 1. The molecule has 0 atom stereocenters. The summed E-state index contributed by atoms with van der Waals surface area (Å²) in [5, 5.41) is 0. The van der Waals surface area contributed by atoms with Crippen LogP contribution < -0.4 is 16.2 Å². The van der Waals surface area contributed by atoms with Gasteiger partial charge in [0, 0.05) is 6.42 Å². The number of benzene rings is 1. The van der Waals surface area contributed by atoms with Gasteiger partial charge in [-0.15, -0.1) is 0 Å². The molecule has 0 saturated heterocycles. The van der Waals surface area contributed by atoms with Crippen molar-refractivity contribution >= 4 is 21.7 Å². The van der Waals surface area contributed by atoms with Gasteiger partial charge >= 0.3 is 0 Å². The Balaban J connectivity index is 0.000000342. The molecule has 0 unspecified atom stereocenters. The van der Waals surface area contributed by atoms with Crippen LogP contribution in [0.3, 0.4) is 0 Å². The molecule has 0 aliphatic heterocycles. The average Bonchev–Trinajstić information content (AvgIpc) is 2.28. The molecule has 0 radical (unpaired) electrons. The standard InChI is InChI=1S/C7H9NO.C4H9NO4S/c1-9-7-5-3-2-4-6(7)8;5-4(6)2-1-3-10(7,8)9/h2-5H,8H2,1H3;1-3H2,(H2,5,6)(H,7,8,9). The van der Waals surface area contributed by atoms with Gasteiger partial charge < -0.3 is 16.2 Å². The summed E-state index contributed by atoms with van der Waals surface area (Å²) in [4.78, 5) is 10.0. The molecule has 1 amide bonds. The largest absolute Gasteiger partial charge is 0.495 e. The third-order valence-electron chi connectivity index (χ3n) is 1.96. The first-order valence-corrected chi connectivity index (χ1v) is 6.99. The van der Waals surface area contributed by atoms with Crippen molar-refractivity contribution in [3.05, 3.63) is 24.3 Å². The van der Waals surface area contributed by atoms with Gasteiger partial charge in [0.05, 0.1) is 18.6 Å². The van der Waals surface area contributed by atoms with Crippen LogP contribution in [0.25, 0.3) is 0 Å². The van der Waals surface area contributed by atoms with E-state index in [1.807, 2.05) is 18.2 Å². The summed E-state index contributed by atoms with van der Waals surface area (Å²) < 4.78 is 33.1. The van der Waals surface area contributed by atoms with E-state index in [0.717, 1.165) is 5.75 Å². The third kappa shape index (κ3) is 9.86. The first kappa shape index (κ1) is 17.2. The number of anilines is 1. The lowest BCUT2D eigenvalue weighted by Gasteiger charge is -2.00. The van der Waals surface area contributed by atoms with E-state index < -0.39 is 21.8 Å². The van der Waals surface area contributed by atoms with Gasteiger partial charge in [0.2, 0.25) is 5.91 Å². The molecule has 0 fully saturated rings. The number of rotatable bonds is 5. The smallest absolute Gasteiger partial charge is 0.264 e.